The molecule has 12 heteroatoms. The summed E-state index contributed by atoms with van der Waals surface area (Å²) < 4.78 is 8.27. The fraction of sp³-hybridized carbons (Fsp3) is 0.485. The van der Waals surface area contributed by atoms with E-state index in [2.05, 4.69) is 47.0 Å². The van der Waals surface area contributed by atoms with Crippen LogP contribution in [0.15, 0.2) is 33.9 Å². The van der Waals surface area contributed by atoms with Crippen molar-refractivity contribution in [3.8, 4) is 6.07 Å². The molecule has 0 saturated carbocycles. The highest BCUT2D eigenvalue weighted by molar-refractivity contribution is 7.16. The van der Waals surface area contributed by atoms with Crippen LogP contribution in [0.5, 0.6) is 0 Å². The maximum atomic E-state index is 10.1. The molecule has 4 aromatic heterocycles. The Labute approximate surface area is 266 Å². The monoisotopic (exact) mass is 625 g/mol. The summed E-state index contributed by atoms with van der Waals surface area (Å²) in [5.74, 6) is 1.61. The van der Waals surface area contributed by atoms with Crippen molar-refractivity contribution in [1.29, 1.82) is 5.26 Å². The number of likely N-dealkylation sites (N-methyl/N-ethyl adjacent to an activating group) is 1. The fourth-order valence-electron chi connectivity index (χ4n) is 7.46. The van der Waals surface area contributed by atoms with Crippen LogP contribution in [0.1, 0.15) is 114 Å². The second-order valence-corrected chi connectivity index (χ2v) is 13.5. The number of aliphatic hydroxyl groups is 1. The van der Waals surface area contributed by atoms with Gasteiger partial charge in [-0.2, -0.15) is 10.4 Å². The molecule has 4 atom stereocenters. The molecule has 45 heavy (non-hydrogen) atoms. The molecule has 0 radical (unpaired) electrons. The Morgan fingerprint density at radius 1 is 1.29 bits per heavy atom. The number of aryl methyl sites for hydroxylation is 1. The Morgan fingerprint density at radius 3 is 2.91 bits per heavy atom. The lowest BCUT2D eigenvalue weighted by Gasteiger charge is -2.30. The Balaban J connectivity index is 1.32. The zero-order valence-corrected chi connectivity index (χ0v) is 26.8. The van der Waals surface area contributed by atoms with Crippen molar-refractivity contribution in [1.82, 2.24) is 24.8 Å². The molecule has 3 aliphatic rings. The van der Waals surface area contributed by atoms with Gasteiger partial charge in [-0.05, 0) is 76.7 Å². The minimum Gasteiger partial charge on any atom is -0.390 e. The van der Waals surface area contributed by atoms with Gasteiger partial charge < -0.3 is 25.6 Å². The molecule has 1 unspecified atom stereocenters. The average Bonchev–Trinajstić information content (AvgIpc) is 3.85. The van der Waals surface area contributed by atoms with Gasteiger partial charge in [0.25, 0.3) is 0 Å². The molecule has 1 saturated heterocycles. The first-order chi connectivity index (χ1) is 21.9. The smallest absolute Gasteiger partial charge is 0.167 e. The Hall–Kier alpha value is -4.05. The molecule has 2 aliphatic heterocycles. The number of nitrogen functional groups attached to an aromatic ring is 1. The summed E-state index contributed by atoms with van der Waals surface area (Å²) in [6.45, 7) is 5.29. The van der Waals surface area contributed by atoms with Crippen molar-refractivity contribution in [3.05, 3.63) is 74.4 Å². The zero-order chi connectivity index (χ0) is 31.2. The molecule has 234 valence electrons. The minimum atomic E-state index is -0.527. The maximum Gasteiger partial charge on any atom is 0.167 e. The normalized spacial score (nSPS) is 21.9. The number of nitriles is 1. The molecule has 0 spiro atoms. The van der Waals surface area contributed by atoms with E-state index in [1.165, 1.54) is 17.8 Å². The van der Waals surface area contributed by atoms with E-state index >= 15 is 0 Å². The fourth-order valence-corrected chi connectivity index (χ4v) is 8.65. The van der Waals surface area contributed by atoms with E-state index in [9.17, 15) is 10.4 Å². The largest absolute Gasteiger partial charge is 0.390 e. The number of pyridine rings is 1. The van der Waals surface area contributed by atoms with Gasteiger partial charge in [-0.15, -0.1) is 11.3 Å². The van der Waals surface area contributed by atoms with Crippen LogP contribution >= 0.6 is 11.3 Å². The van der Waals surface area contributed by atoms with Gasteiger partial charge in [-0.25, -0.2) is 9.67 Å². The second kappa shape index (κ2) is 12.0. The number of nitrogens with two attached hydrogens (primary N) is 1. The highest BCUT2D eigenvalue weighted by Crippen LogP contribution is 2.47. The Morgan fingerprint density at radius 2 is 2.16 bits per heavy atom. The second-order valence-electron chi connectivity index (χ2n) is 12.4. The molecule has 11 nitrogen and oxygen atoms in total. The third kappa shape index (κ3) is 5.03. The van der Waals surface area contributed by atoms with E-state index < -0.39 is 6.17 Å². The Bertz CT molecular complexity index is 1800. The van der Waals surface area contributed by atoms with Crippen LogP contribution < -0.4 is 11.1 Å². The SMILES string of the molecule is CCCc1sc(N)c(C#N)c1[C@H]1CCCc2c(C3N=C(c4cccc(CO)n4)c4cnn([C@@H](C)[C@@H]5CCCN5C)c4N3)noc21. The van der Waals surface area contributed by atoms with Gasteiger partial charge in [-0.1, -0.05) is 24.6 Å². The van der Waals surface area contributed by atoms with Crippen molar-refractivity contribution >= 4 is 27.9 Å². The van der Waals surface area contributed by atoms with Crippen molar-refractivity contribution in [2.75, 3.05) is 24.6 Å². The number of likely N-dealkylation sites (tertiary alicyclic amines) is 1. The molecule has 7 rings (SSSR count). The summed E-state index contributed by atoms with van der Waals surface area (Å²) in [7, 11) is 2.18. The van der Waals surface area contributed by atoms with Crippen LogP contribution in [0.3, 0.4) is 0 Å². The molecule has 1 fully saturated rings. The summed E-state index contributed by atoms with van der Waals surface area (Å²) in [5, 5.41) is 33.7. The minimum absolute atomic E-state index is 0.0753. The first-order valence-electron chi connectivity index (χ1n) is 15.9. The molecule has 4 N–H and O–H groups in total. The van der Waals surface area contributed by atoms with Crippen LogP contribution in [0, 0.1) is 11.3 Å². The molecule has 0 aromatic carbocycles. The van der Waals surface area contributed by atoms with Gasteiger partial charge in [0, 0.05) is 22.4 Å². The highest BCUT2D eigenvalue weighted by Gasteiger charge is 2.38. The number of hydrogen-bond acceptors (Lipinski definition) is 11. The zero-order valence-electron chi connectivity index (χ0n) is 26.0. The van der Waals surface area contributed by atoms with Crippen LogP contribution in [0.4, 0.5) is 10.8 Å². The molecule has 1 aliphatic carbocycles. The number of aliphatic imine (C=N–C) groups is 1. The number of rotatable bonds is 8. The maximum absolute atomic E-state index is 10.1. The molecule has 4 aromatic rings. The standard InChI is InChI=1S/C33H39N9O2S/c1-4-8-26-27(22(15-34)31(35)45-26)20-10-6-11-21-29(40-44-30(20)21)32-38-28(24-12-5-9-19(17-43)37-24)23-16-36-42(33(23)39-32)18(2)25-13-7-14-41(25)3/h5,9,12,16,18,20,25,32,39,43H,4,6-8,10-11,13-14,17,35H2,1-3H3/t18-,20+,25-,32?/m0/s1. The van der Waals surface area contributed by atoms with Gasteiger partial charge >= 0.3 is 0 Å². The number of aliphatic hydroxyl groups excluding tert-OH is 1. The van der Waals surface area contributed by atoms with Crippen LogP contribution in [0.25, 0.3) is 0 Å². The quantitative estimate of drug-likeness (QED) is 0.236. The predicted octanol–water partition coefficient (Wildman–Crippen LogP) is 5.31. The third-order valence-corrected chi connectivity index (χ3v) is 10.7. The first-order valence-corrected chi connectivity index (χ1v) is 16.7. The molecular weight excluding hydrogens is 586 g/mol. The summed E-state index contributed by atoms with van der Waals surface area (Å²) in [6.07, 6.45) is 8.09. The lowest BCUT2D eigenvalue weighted by molar-refractivity contribution is 0.230. The topological polar surface area (TPSA) is 154 Å². The summed E-state index contributed by atoms with van der Waals surface area (Å²) >= 11 is 1.52. The first kappa shape index (κ1) is 29.6. The van der Waals surface area contributed by atoms with Crippen LogP contribution in [-0.4, -0.2) is 55.3 Å². The summed E-state index contributed by atoms with van der Waals surface area (Å²) in [5.41, 5.74) is 12.5. The van der Waals surface area contributed by atoms with Gasteiger partial charge in [0.1, 0.15) is 28.3 Å². The molecule has 0 amide bonds. The van der Waals surface area contributed by atoms with E-state index in [1.807, 2.05) is 18.3 Å². The van der Waals surface area contributed by atoms with E-state index in [1.54, 1.807) is 6.07 Å². The molecular formula is C33H39N9O2S. The van der Waals surface area contributed by atoms with E-state index in [4.69, 9.17) is 25.3 Å². The lowest BCUT2D eigenvalue weighted by Crippen LogP contribution is -2.34. The van der Waals surface area contributed by atoms with Crippen molar-refractivity contribution in [3.63, 3.8) is 0 Å². The van der Waals surface area contributed by atoms with Crippen LogP contribution in [0.2, 0.25) is 0 Å². The average molecular weight is 626 g/mol. The van der Waals surface area contributed by atoms with Gasteiger partial charge in [-0.3, -0.25) is 4.99 Å². The van der Waals surface area contributed by atoms with E-state index in [0.717, 1.165) is 83.9 Å². The number of nitrogens with zero attached hydrogens (tertiary/aromatic N) is 7. The summed E-state index contributed by atoms with van der Waals surface area (Å²) in [6, 6.07) is 8.50. The summed E-state index contributed by atoms with van der Waals surface area (Å²) in [4.78, 5) is 13.5. The number of fused-ring (bicyclic) bond motifs is 2. The number of thiophene rings is 1. The number of nitrogens with one attached hydrogen (secondary N) is 1. The van der Waals surface area contributed by atoms with Gasteiger partial charge in [0.2, 0.25) is 0 Å². The Kier molecular flexibility index (Phi) is 7.93. The predicted molar refractivity (Wildman–Crippen MR) is 173 cm³/mol. The number of hydrogen-bond donors (Lipinski definition) is 3. The molecule has 0 bridgehead atoms. The van der Waals surface area contributed by atoms with Gasteiger partial charge in [0.15, 0.2) is 6.17 Å². The number of aromatic nitrogens is 4. The van der Waals surface area contributed by atoms with Crippen molar-refractivity contribution in [2.24, 2.45) is 4.99 Å². The lowest BCUT2D eigenvalue weighted by atomic mass is 9.81. The number of anilines is 2. The van der Waals surface area contributed by atoms with E-state index in [0.29, 0.717) is 33.7 Å². The molecule has 6 heterocycles. The highest BCUT2D eigenvalue weighted by atomic mass is 32.1. The van der Waals surface area contributed by atoms with Crippen molar-refractivity contribution < 1.29 is 9.63 Å². The third-order valence-electron chi connectivity index (χ3n) is 9.64. The van der Waals surface area contributed by atoms with E-state index in [-0.39, 0.29) is 18.6 Å². The van der Waals surface area contributed by atoms with Crippen LogP contribution in [-0.2, 0) is 19.4 Å². The van der Waals surface area contributed by atoms with Crippen molar-refractivity contribution in [2.45, 2.75) is 89.6 Å². The van der Waals surface area contributed by atoms with Gasteiger partial charge in [0.05, 0.1) is 47.1 Å².